The Bertz CT molecular complexity index is 1130. The van der Waals surface area contributed by atoms with Gasteiger partial charge in [-0.25, -0.2) is 0 Å². The second-order valence-corrected chi connectivity index (χ2v) is 10.4. The number of carboxylic acid groups (broad SMARTS) is 2. The molecule has 44 heavy (non-hydrogen) atoms. The maximum atomic E-state index is 12.8. The van der Waals surface area contributed by atoms with Crippen molar-refractivity contribution in [2.45, 2.75) is 76.3 Å². The van der Waals surface area contributed by atoms with Gasteiger partial charge >= 0.3 is 11.9 Å². The lowest BCUT2D eigenvalue weighted by Crippen LogP contribution is -2.48. The van der Waals surface area contributed by atoms with Gasteiger partial charge in [0.2, 0.25) is 23.6 Å². The Balaban J connectivity index is 1.74. The molecule has 238 valence electrons. The summed E-state index contributed by atoms with van der Waals surface area (Å²) in [6.45, 7) is 0.784. The molecule has 0 aliphatic rings. The number of carbonyl (C=O) groups is 6. The van der Waals surface area contributed by atoms with E-state index >= 15 is 0 Å². The van der Waals surface area contributed by atoms with Gasteiger partial charge in [0, 0.05) is 38.8 Å². The summed E-state index contributed by atoms with van der Waals surface area (Å²) in [6, 6.07) is 16.8. The van der Waals surface area contributed by atoms with Crippen LogP contribution in [-0.4, -0.2) is 71.0 Å². The summed E-state index contributed by atoms with van der Waals surface area (Å²) in [5, 5.41) is 28.6. The third-order valence-corrected chi connectivity index (χ3v) is 6.70. The molecular formula is C32H42N4O8. The lowest BCUT2D eigenvalue weighted by Gasteiger charge is -2.19. The minimum Gasteiger partial charge on any atom is -0.481 e. The molecule has 2 rings (SSSR count). The fraction of sp³-hybridized carbons (Fsp3) is 0.438. The van der Waals surface area contributed by atoms with Crippen LogP contribution in [-0.2, 0) is 41.6 Å². The summed E-state index contributed by atoms with van der Waals surface area (Å²) in [6.07, 6.45) is 2.41. The summed E-state index contributed by atoms with van der Waals surface area (Å²) in [7, 11) is 0. The van der Waals surface area contributed by atoms with Crippen LogP contribution in [0, 0.1) is 0 Å². The average molecular weight is 611 g/mol. The first-order valence-corrected chi connectivity index (χ1v) is 14.8. The summed E-state index contributed by atoms with van der Waals surface area (Å²) in [4.78, 5) is 71.6. The number of nitrogens with one attached hydrogen (secondary N) is 4. The molecule has 0 radical (unpaired) electrons. The molecule has 0 saturated heterocycles. The summed E-state index contributed by atoms with van der Waals surface area (Å²) < 4.78 is 0. The number of unbranched alkanes of at least 4 members (excludes halogenated alkanes) is 3. The molecule has 0 bridgehead atoms. The quantitative estimate of drug-likeness (QED) is 0.116. The van der Waals surface area contributed by atoms with Crippen molar-refractivity contribution in [3.05, 3.63) is 71.8 Å². The van der Waals surface area contributed by atoms with E-state index in [9.17, 15) is 28.8 Å². The highest BCUT2D eigenvalue weighted by atomic mass is 16.4. The van der Waals surface area contributed by atoms with E-state index in [0.29, 0.717) is 25.9 Å². The molecule has 0 unspecified atom stereocenters. The summed E-state index contributed by atoms with van der Waals surface area (Å²) in [5.41, 5.74) is 1.72. The van der Waals surface area contributed by atoms with E-state index in [0.717, 1.165) is 24.0 Å². The van der Waals surface area contributed by atoms with Crippen molar-refractivity contribution in [1.82, 2.24) is 21.3 Å². The number of aliphatic carboxylic acids is 2. The highest BCUT2D eigenvalue weighted by Crippen LogP contribution is 2.07. The van der Waals surface area contributed by atoms with E-state index in [-0.39, 0.29) is 50.3 Å². The number of carbonyl (C=O) groups excluding carboxylic acids is 4. The van der Waals surface area contributed by atoms with Gasteiger partial charge in [0.05, 0.1) is 12.8 Å². The van der Waals surface area contributed by atoms with E-state index in [1.54, 1.807) is 0 Å². The van der Waals surface area contributed by atoms with E-state index in [2.05, 4.69) is 21.3 Å². The molecule has 12 nitrogen and oxygen atoms in total. The second kappa shape index (κ2) is 20.2. The Hall–Kier alpha value is -4.74. The number of carboxylic acids is 2. The Kier molecular flexibility index (Phi) is 16.3. The van der Waals surface area contributed by atoms with Crippen LogP contribution in [0.25, 0.3) is 0 Å². The Labute approximate surface area is 257 Å². The van der Waals surface area contributed by atoms with Crippen LogP contribution in [0.15, 0.2) is 60.7 Å². The first-order chi connectivity index (χ1) is 21.1. The molecule has 0 fully saturated rings. The first kappa shape index (κ1) is 35.5. The number of hydrogen-bond donors (Lipinski definition) is 6. The topological polar surface area (TPSA) is 191 Å². The largest absolute Gasteiger partial charge is 0.481 e. The zero-order valence-corrected chi connectivity index (χ0v) is 24.8. The molecule has 0 saturated carbocycles. The third-order valence-electron chi connectivity index (χ3n) is 6.70. The lowest BCUT2D eigenvalue weighted by atomic mass is 10.0. The molecule has 2 atom stereocenters. The van der Waals surface area contributed by atoms with E-state index < -0.39 is 35.8 Å². The fourth-order valence-corrected chi connectivity index (χ4v) is 4.37. The van der Waals surface area contributed by atoms with Gasteiger partial charge in [-0.3, -0.25) is 28.8 Å². The van der Waals surface area contributed by atoms with E-state index in [1.165, 1.54) is 0 Å². The van der Waals surface area contributed by atoms with Crippen molar-refractivity contribution in [1.29, 1.82) is 0 Å². The molecule has 0 spiro atoms. The van der Waals surface area contributed by atoms with Crippen molar-refractivity contribution in [2.75, 3.05) is 13.1 Å². The lowest BCUT2D eigenvalue weighted by molar-refractivity contribution is -0.139. The van der Waals surface area contributed by atoms with Gasteiger partial charge in [-0.2, -0.15) is 0 Å². The second-order valence-electron chi connectivity index (χ2n) is 10.4. The zero-order valence-electron chi connectivity index (χ0n) is 24.8. The predicted octanol–water partition coefficient (Wildman–Crippen LogP) is 1.96. The van der Waals surface area contributed by atoms with Crippen LogP contribution in [0.4, 0.5) is 0 Å². The standard InChI is InChI=1S/C32H42N4O8/c37-27(15-17-29(39)40)35-25(21-23-11-5-3-6-12-23)31(43)33-19-9-1-2-10-20-34-32(44)26(22-24-13-7-4-8-14-24)36-28(38)16-18-30(41)42/h3-8,11-14,25-26H,1-2,9-10,15-22H2,(H,33,43)(H,34,44)(H,35,37)(H,36,38)(H,39,40)(H,41,42)/t25-,26-/m0/s1. The van der Waals surface area contributed by atoms with Gasteiger partial charge in [-0.15, -0.1) is 0 Å². The average Bonchev–Trinajstić information content (AvgIpc) is 3.00. The highest BCUT2D eigenvalue weighted by Gasteiger charge is 2.22. The maximum absolute atomic E-state index is 12.8. The molecule has 0 aliphatic carbocycles. The minimum absolute atomic E-state index is 0.214. The Morgan fingerprint density at radius 2 is 0.886 bits per heavy atom. The van der Waals surface area contributed by atoms with Crippen LogP contribution in [0.2, 0.25) is 0 Å². The number of amides is 4. The Morgan fingerprint density at radius 1 is 0.523 bits per heavy atom. The summed E-state index contributed by atoms with van der Waals surface area (Å²) in [5.74, 6) is -3.88. The minimum atomic E-state index is -1.09. The highest BCUT2D eigenvalue weighted by molar-refractivity contribution is 5.89. The molecule has 12 heteroatoms. The zero-order chi connectivity index (χ0) is 32.2. The van der Waals surface area contributed by atoms with Crippen LogP contribution >= 0.6 is 0 Å². The van der Waals surface area contributed by atoms with Gasteiger partial charge in [-0.1, -0.05) is 73.5 Å². The maximum Gasteiger partial charge on any atom is 0.303 e. The molecular weight excluding hydrogens is 568 g/mol. The third kappa shape index (κ3) is 15.5. The molecule has 2 aromatic carbocycles. The Morgan fingerprint density at radius 3 is 1.23 bits per heavy atom. The van der Waals surface area contributed by atoms with Crippen molar-refractivity contribution in [3.8, 4) is 0 Å². The monoisotopic (exact) mass is 610 g/mol. The van der Waals surface area contributed by atoms with Crippen LogP contribution in [0.5, 0.6) is 0 Å². The number of rotatable bonds is 21. The molecule has 0 aliphatic heterocycles. The smallest absolute Gasteiger partial charge is 0.303 e. The van der Waals surface area contributed by atoms with Crippen LogP contribution in [0.3, 0.4) is 0 Å². The fourth-order valence-electron chi connectivity index (χ4n) is 4.37. The van der Waals surface area contributed by atoms with Crippen LogP contribution < -0.4 is 21.3 Å². The first-order valence-electron chi connectivity index (χ1n) is 14.8. The molecule has 2 aromatic rings. The van der Waals surface area contributed by atoms with Crippen molar-refractivity contribution in [2.24, 2.45) is 0 Å². The number of benzene rings is 2. The number of hydrogen-bond acceptors (Lipinski definition) is 6. The van der Waals surface area contributed by atoms with Crippen LogP contribution in [0.1, 0.15) is 62.5 Å². The predicted molar refractivity (Wildman–Crippen MR) is 162 cm³/mol. The van der Waals surface area contributed by atoms with Gasteiger partial charge in [0.1, 0.15) is 12.1 Å². The normalized spacial score (nSPS) is 11.9. The summed E-state index contributed by atoms with van der Waals surface area (Å²) >= 11 is 0. The SMILES string of the molecule is O=C(O)CCC(=O)N[C@@H](Cc1ccccc1)C(=O)NCCCCCCNC(=O)[C@H](Cc1ccccc1)NC(=O)CCC(=O)O. The van der Waals surface area contributed by atoms with Gasteiger partial charge in [-0.05, 0) is 24.0 Å². The van der Waals surface area contributed by atoms with Crippen molar-refractivity contribution in [3.63, 3.8) is 0 Å². The van der Waals surface area contributed by atoms with Crippen molar-refractivity contribution >= 4 is 35.6 Å². The van der Waals surface area contributed by atoms with Gasteiger partial charge < -0.3 is 31.5 Å². The van der Waals surface area contributed by atoms with E-state index in [4.69, 9.17) is 10.2 Å². The van der Waals surface area contributed by atoms with E-state index in [1.807, 2.05) is 60.7 Å². The van der Waals surface area contributed by atoms with Gasteiger partial charge in [0.25, 0.3) is 0 Å². The molecule has 6 N–H and O–H groups in total. The molecule has 4 amide bonds. The molecule has 0 aromatic heterocycles. The van der Waals surface area contributed by atoms with Gasteiger partial charge in [0.15, 0.2) is 0 Å². The van der Waals surface area contributed by atoms with Crippen molar-refractivity contribution < 1.29 is 39.0 Å². The molecule has 0 heterocycles.